The first-order chi connectivity index (χ1) is 11.8. The summed E-state index contributed by atoms with van der Waals surface area (Å²) in [5, 5.41) is 2.83. The lowest BCUT2D eigenvalue weighted by molar-refractivity contribution is 0.259. The lowest BCUT2D eigenvalue weighted by atomic mass is 10.1. The second-order valence-electron chi connectivity index (χ2n) is 5.35. The average molecular weight is 377 g/mol. The van der Waals surface area contributed by atoms with Crippen molar-refractivity contribution in [3.8, 4) is 16.1 Å². The zero-order valence-corrected chi connectivity index (χ0v) is 15.1. The molecule has 25 heavy (non-hydrogen) atoms. The molecule has 3 aromatic rings. The molecule has 0 saturated heterocycles. The van der Waals surface area contributed by atoms with Crippen molar-refractivity contribution in [2.75, 3.05) is 11.6 Å². The van der Waals surface area contributed by atoms with Crippen molar-refractivity contribution in [2.24, 2.45) is 5.73 Å². The number of hydrogen-bond acceptors (Lipinski definition) is 6. The number of primary amides is 1. The number of nitrogens with two attached hydrogens (primary N) is 1. The van der Waals surface area contributed by atoms with Gasteiger partial charge in [-0.15, -0.1) is 0 Å². The molecule has 2 aromatic heterocycles. The highest BCUT2D eigenvalue weighted by atomic mass is 32.2. The van der Waals surface area contributed by atoms with E-state index in [1.807, 2.05) is 0 Å². The maximum atomic E-state index is 12.1. The molecule has 1 aromatic carbocycles. The zero-order valence-electron chi connectivity index (χ0n) is 13.4. The quantitative estimate of drug-likeness (QED) is 0.722. The number of thiazole rings is 1. The molecule has 0 spiro atoms. The van der Waals surface area contributed by atoms with Gasteiger partial charge in [-0.05, 0) is 24.6 Å². The van der Waals surface area contributed by atoms with Crippen LogP contribution in [-0.2, 0) is 9.84 Å². The van der Waals surface area contributed by atoms with Gasteiger partial charge in [0.1, 0.15) is 0 Å². The van der Waals surface area contributed by atoms with Gasteiger partial charge in [0.2, 0.25) is 0 Å². The number of rotatable bonds is 4. The van der Waals surface area contributed by atoms with E-state index in [9.17, 15) is 13.2 Å². The van der Waals surface area contributed by atoms with Gasteiger partial charge in [0.15, 0.2) is 15.0 Å². The van der Waals surface area contributed by atoms with Crippen molar-refractivity contribution >= 4 is 32.3 Å². The third-order valence-corrected chi connectivity index (χ3v) is 5.70. The van der Waals surface area contributed by atoms with Gasteiger partial charge in [-0.1, -0.05) is 17.4 Å². The number of anilines is 1. The first-order valence-electron chi connectivity index (χ1n) is 7.12. The molecule has 130 valence electrons. The Morgan fingerprint density at radius 2 is 2.12 bits per heavy atom. The lowest BCUT2D eigenvalue weighted by Crippen LogP contribution is -2.18. The number of imidazole rings is 1. The molecular formula is C15H15N5O3S2. The number of nitrogens with one attached hydrogen (secondary N) is 1. The Bertz CT molecular complexity index is 1040. The molecule has 0 aliphatic heterocycles. The summed E-state index contributed by atoms with van der Waals surface area (Å²) in [6.07, 6.45) is 5.95. The number of sulfone groups is 1. The number of nitrogens with zero attached hydrogens (tertiary/aromatic N) is 3. The fourth-order valence-corrected chi connectivity index (χ4v) is 4.22. The Morgan fingerprint density at radius 3 is 2.72 bits per heavy atom. The van der Waals surface area contributed by atoms with Crippen LogP contribution in [0.5, 0.6) is 0 Å². The Morgan fingerprint density at radius 1 is 1.36 bits per heavy atom. The van der Waals surface area contributed by atoms with E-state index in [1.54, 1.807) is 42.1 Å². The fourth-order valence-electron chi connectivity index (χ4n) is 2.40. The van der Waals surface area contributed by atoms with Crippen LogP contribution in [0.2, 0.25) is 0 Å². The van der Waals surface area contributed by atoms with Crippen molar-refractivity contribution in [3.05, 3.63) is 42.6 Å². The first-order valence-corrected chi connectivity index (χ1v) is 9.83. The van der Waals surface area contributed by atoms with Crippen LogP contribution in [-0.4, -0.2) is 35.2 Å². The predicted molar refractivity (Wildman–Crippen MR) is 95.7 cm³/mol. The SMILES string of the molecule is Cc1nc(NC(N)=O)sc1-c1ccc(S(C)(=O)=O)c(-n2ccnc2)c1. The van der Waals surface area contributed by atoms with Crippen LogP contribution in [0.3, 0.4) is 0 Å². The summed E-state index contributed by atoms with van der Waals surface area (Å²) >= 11 is 1.26. The topological polar surface area (TPSA) is 120 Å². The van der Waals surface area contributed by atoms with Gasteiger partial charge in [-0.2, -0.15) is 0 Å². The van der Waals surface area contributed by atoms with Crippen LogP contribution in [0.15, 0.2) is 41.8 Å². The Hall–Kier alpha value is -2.72. The predicted octanol–water partition coefficient (Wildman–Crippen LogP) is 2.20. The molecule has 0 aliphatic carbocycles. The van der Waals surface area contributed by atoms with Crippen LogP contribution in [0.25, 0.3) is 16.1 Å². The molecular weight excluding hydrogens is 362 g/mol. The average Bonchev–Trinajstić information content (AvgIpc) is 3.15. The minimum atomic E-state index is -3.41. The van der Waals surface area contributed by atoms with Crippen molar-refractivity contribution in [2.45, 2.75) is 11.8 Å². The smallest absolute Gasteiger partial charge is 0.318 e. The molecule has 2 heterocycles. The number of aryl methyl sites for hydroxylation is 1. The number of carbonyl (C=O) groups excluding carboxylic acids is 1. The molecule has 3 rings (SSSR count). The number of urea groups is 1. The van der Waals surface area contributed by atoms with Crippen LogP contribution >= 0.6 is 11.3 Å². The number of aromatic nitrogens is 3. The number of amides is 2. The van der Waals surface area contributed by atoms with Gasteiger partial charge in [-0.3, -0.25) is 5.32 Å². The van der Waals surface area contributed by atoms with Crippen LogP contribution < -0.4 is 11.1 Å². The summed E-state index contributed by atoms with van der Waals surface area (Å²) in [6.45, 7) is 1.80. The van der Waals surface area contributed by atoms with Gasteiger partial charge in [0.25, 0.3) is 0 Å². The Kier molecular flexibility index (Phi) is 4.31. The summed E-state index contributed by atoms with van der Waals surface area (Å²) in [4.78, 5) is 20.2. The molecule has 0 saturated carbocycles. The molecule has 0 atom stereocenters. The molecule has 8 nitrogen and oxygen atoms in total. The van der Waals surface area contributed by atoms with E-state index < -0.39 is 15.9 Å². The van der Waals surface area contributed by atoms with E-state index in [0.717, 1.165) is 16.7 Å². The maximum Gasteiger partial charge on any atom is 0.318 e. The van der Waals surface area contributed by atoms with E-state index in [0.29, 0.717) is 16.5 Å². The normalized spacial score (nSPS) is 11.4. The summed E-state index contributed by atoms with van der Waals surface area (Å²) < 4.78 is 25.8. The Labute approximate surface area is 148 Å². The molecule has 3 N–H and O–H groups in total. The third-order valence-electron chi connectivity index (χ3n) is 3.43. The molecule has 0 radical (unpaired) electrons. The first kappa shape index (κ1) is 17.1. The van der Waals surface area contributed by atoms with Gasteiger partial charge in [0.05, 0.1) is 27.5 Å². The lowest BCUT2D eigenvalue weighted by Gasteiger charge is -2.11. The summed E-state index contributed by atoms with van der Waals surface area (Å²) in [7, 11) is -3.41. The third kappa shape index (κ3) is 3.54. The largest absolute Gasteiger partial charge is 0.351 e. The monoisotopic (exact) mass is 377 g/mol. The minimum absolute atomic E-state index is 0.201. The highest BCUT2D eigenvalue weighted by Crippen LogP contribution is 2.35. The van der Waals surface area contributed by atoms with Crippen molar-refractivity contribution < 1.29 is 13.2 Å². The highest BCUT2D eigenvalue weighted by molar-refractivity contribution is 7.90. The number of carbonyl (C=O) groups is 1. The van der Waals surface area contributed by atoms with E-state index in [4.69, 9.17) is 5.73 Å². The van der Waals surface area contributed by atoms with Gasteiger partial charge < -0.3 is 10.3 Å². The molecule has 0 aliphatic rings. The van der Waals surface area contributed by atoms with E-state index in [1.165, 1.54) is 17.7 Å². The minimum Gasteiger partial charge on any atom is -0.351 e. The second kappa shape index (κ2) is 6.30. The van der Waals surface area contributed by atoms with Crippen LogP contribution in [0.4, 0.5) is 9.93 Å². The number of hydrogen-bond donors (Lipinski definition) is 2. The fraction of sp³-hybridized carbons (Fsp3) is 0.133. The van der Waals surface area contributed by atoms with Crippen molar-refractivity contribution in [1.82, 2.24) is 14.5 Å². The number of benzene rings is 1. The summed E-state index contributed by atoms with van der Waals surface area (Å²) in [5.41, 5.74) is 7.10. The van der Waals surface area contributed by atoms with Gasteiger partial charge >= 0.3 is 6.03 Å². The standard InChI is InChI=1S/C15H15N5O3S2/c1-9-13(24-15(18-9)19-14(16)21)10-3-4-12(25(2,22)23)11(7-10)20-6-5-17-8-20/h3-8H,1-2H3,(H3,16,18,19,21). The molecule has 2 amide bonds. The Balaban J connectivity index is 2.15. The molecule has 0 unspecified atom stereocenters. The van der Waals surface area contributed by atoms with Gasteiger partial charge in [-0.25, -0.2) is 23.2 Å². The van der Waals surface area contributed by atoms with E-state index in [2.05, 4.69) is 15.3 Å². The maximum absolute atomic E-state index is 12.1. The van der Waals surface area contributed by atoms with Crippen LogP contribution in [0.1, 0.15) is 5.69 Å². The molecule has 10 heteroatoms. The molecule has 0 fully saturated rings. The zero-order chi connectivity index (χ0) is 18.2. The highest BCUT2D eigenvalue weighted by Gasteiger charge is 2.18. The van der Waals surface area contributed by atoms with Crippen molar-refractivity contribution in [1.29, 1.82) is 0 Å². The summed E-state index contributed by atoms with van der Waals surface area (Å²) in [5.74, 6) is 0. The van der Waals surface area contributed by atoms with E-state index >= 15 is 0 Å². The van der Waals surface area contributed by atoms with Crippen LogP contribution in [0, 0.1) is 6.92 Å². The van der Waals surface area contributed by atoms with E-state index in [-0.39, 0.29) is 4.90 Å². The molecule has 0 bridgehead atoms. The van der Waals surface area contributed by atoms with Gasteiger partial charge in [0, 0.05) is 18.6 Å². The van der Waals surface area contributed by atoms with Crippen molar-refractivity contribution in [3.63, 3.8) is 0 Å². The second-order valence-corrected chi connectivity index (χ2v) is 8.33. The summed E-state index contributed by atoms with van der Waals surface area (Å²) in [6, 6.07) is 4.34.